The lowest BCUT2D eigenvalue weighted by atomic mass is 9.63. The number of aromatic amines is 1. The molecule has 7 heteroatoms. The van der Waals surface area contributed by atoms with Crippen LogP contribution in [0.1, 0.15) is 38.1 Å². The zero-order valence-corrected chi connectivity index (χ0v) is 17.1. The number of H-pyrrole nitrogens is 1. The minimum Gasteiger partial charge on any atom is -0.469 e. The summed E-state index contributed by atoms with van der Waals surface area (Å²) < 4.78 is 4.96. The van der Waals surface area contributed by atoms with Crippen molar-refractivity contribution in [1.82, 2.24) is 9.97 Å². The molecule has 6 nitrogen and oxygen atoms in total. The van der Waals surface area contributed by atoms with Crippen molar-refractivity contribution >= 4 is 33.9 Å². The predicted molar refractivity (Wildman–Crippen MR) is 111 cm³/mol. The van der Waals surface area contributed by atoms with E-state index >= 15 is 0 Å². The van der Waals surface area contributed by atoms with E-state index in [1.54, 1.807) is 6.20 Å². The second-order valence-electron chi connectivity index (χ2n) is 8.35. The first-order valence-corrected chi connectivity index (χ1v) is 10.2. The normalized spacial score (nSPS) is 24.4. The number of ether oxygens (including phenoxy) is 1. The second-order valence-corrected chi connectivity index (χ2v) is 9.38. The number of methoxy groups -OCH3 is 1. The van der Waals surface area contributed by atoms with Gasteiger partial charge in [-0.15, -0.1) is 11.3 Å². The molecule has 1 aliphatic carbocycles. The zero-order chi connectivity index (χ0) is 20.1. The molecule has 0 saturated heterocycles. The molecule has 2 atom stereocenters. The maximum absolute atomic E-state index is 12.1. The highest BCUT2D eigenvalue weighted by atomic mass is 32.1. The largest absolute Gasteiger partial charge is 0.469 e. The summed E-state index contributed by atoms with van der Waals surface area (Å²) in [6.45, 7) is 4.02. The van der Waals surface area contributed by atoms with E-state index < -0.39 is 5.60 Å². The molecule has 0 radical (unpaired) electrons. The third kappa shape index (κ3) is 3.08. The summed E-state index contributed by atoms with van der Waals surface area (Å²) in [7, 11) is 1.42. The summed E-state index contributed by atoms with van der Waals surface area (Å²) in [6.07, 6.45) is 5.21. The maximum atomic E-state index is 12.1. The average Bonchev–Trinajstić information content (AvgIpc) is 3.29. The third-order valence-corrected chi connectivity index (χ3v) is 7.11. The van der Waals surface area contributed by atoms with Crippen LogP contribution in [0.25, 0.3) is 21.3 Å². The molecule has 1 fully saturated rings. The summed E-state index contributed by atoms with van der Waals surface area (Å²) in [4.78, 5) is 20.8. The van der Waals surface area contributed by atoms with Gasteiger partial charge < -0.3 is 20.6 Å². The Bertz CT molecular complexity index is 1040. The fourth-order valence-electron chi connectivity index (χ4n) is 4.51. The van der Waals surface area contributed by atoms with Gasteiger partial charge in [0.1, 0.15) is 10.6 Å². The number of esters is 1. The number of rotatable bonds is 3. The highest BCUT2D eigenvalue weighted by molar-refractivity contribution is 7.15. The predicted octanol–water partition coefficient (Wildman–Crippen LogP) is 4.06. The molecule has 0 aliphatic heterocycles. The van der Waals surface area contributed by atoms with E-state index in [0.29, 0.717) is 30.0 Å². The topological polar surface area (TPSA) is 101 Å². The Kier molecular flexibility index (Phi) is 4.47. The lowest BCUT2D eigenvalue weighted by Crippen LogP contribution is -2.45. The molecule has 1 aliphatic rings. The Labute approximate surface area is 167 Å². The smallest absolute Gasteiger partial charge is 0.309 e. The van der Waals surface area contributed by atoms with Crippen LogP contribution in [0, 0.1) is 11.3 Å². The summed E-state index contributed by atoms with van der Waals surface area (Å²) >= 11 is 1.49. The number of nitrogens with two attached hydrogens (primary N) is 1. The molecule has 0 amide bonds. The van der Waals surface area contributed by atoms with Gasteiger partial charge in [0.15, 0.2) is 0 Å². The van der Waals surface area contributed by atoms with Crippen molar-refractivity contribution in [2.24, 2.45) is 11.3 Å². The van der Waals surface area contributed by atoms with Crippen molar-refractivity contribution in [3.05, 3.63) is 35.6 Å². The highest BCUT2D eigenvalue weighted by Gasteiger charge is 2.49. The van der Waals surface area contributed by atoms with Gasteiger partial charge in [0.25, 0.3) is 0 Å². The van der Waals surface area contributed by atoms with Gasteiger partial charge in [-0.3, -0.25) is 4.79 Å². The van der Waals surface area contributed by atoms with Crippen LogP contribution < -0.4 is 5.73 Å². The number of carbonyl (C=O) groups is 1. The molecule has 2 unspecified atom stereocenters. The van der Waals surface area contributed by atoms with Crippen molar-refractivity contribution in [3.8, 4) is 10.4 Å². The van der Waals surface area contributed by atoms with E-state index in [1.165, 1.54) is 18.4 Å². The number of fused-ring (bicyclic) bond motifs is 1. The van der Waals surface area contributed by atoms with Crippen molar-refractivity contribution in [2.45, 2.75) is 38.7 Å². The quantitative estimate of drug-likeness (QED) is 0.455. The van der Waals surface area contributed by atoms with Crippen LogP contribution in [-0.4, -0.2) is 28.2 Å². The average molecular weight is 400 g/mol. The Morgan fingerprint density at radius 3 is 2.93 bits per heavy atom. The molecule has 0 spiro atoms. The number of aromatic nitrogens is 2. The Balaban J connectivity index is 1.68. The minimum absolute atomic E-state index is 0.207. The minimum atomic E-state index is -1.05. The number of nitrogen functional groups attached to an aromatic ring is 1. The fraction of sp³-hybridized carbons (Fsp3) is 0.429. The number of nitrogens with one attached hydrogen (secondary N) is 1. The number of anilines is 1. The van der Waals surface area contributed by atoms with Crippen LogP contribution in [0.15, 0.2) is 30.6 Å². The molecule has 4 rings (SSSR count). The van der Waals surface area contributed by atoms with E-state index in [1.807, 2.05) is 38.2 Å². The van der Waals surface area contributed by atoms with Crippen LogP contribution in [0.5, 0.6) is 0 Å². The zero-order valence-electron chi connectivity index (χ0n) is 16.3. The van der Waals surface area contributed by atoms with Gasteiger partial charge in [0.05, 0.1) is 17.9 Å². The number of aliphatic hydroxyl groups is 1. The first-order chi connectivity index (χ1) is 13.2. The number of carbonyl (C=O) groups excluding carboxylic acids is 1. The third-order valence-electron chi connectivity index (χ3n) is 5.88. The van der Waals surface area contributed by atoms with Crippen molar-refractivity contribution in [3.63, 3.8) is 0 Å². The van der Waals surface area contributed by atoms with Crippen molar-refractivity contribution in [2.75, 3.05) is 12.8 Å². The van der Waals surface area contributed by atoms with E-state index in [0.717, 1.165) is 21.3 Å². The summed E-state index contributed by atoms with van der Waals surface area (Å²) in [6, 6.07) is 5.86. The van der Waals surface area contributed by atoms with Gasteiger partial charge in [-0.05, 0) is 42.9 Å². The molecule has 0 bridgehead atoms. The summed E-state index contributed by atoms with van der Waals surface area (Å²) in [5.74, 6) is -0.424. The highest BCUT2D eigenvalue weighted by Crippen LogP contribution is 2.51. The molecular formula is C21H25N3O3S. The van der Waals surface area contributed by atoms with Crippen molar-refractivity contribution < 1.29 is 14.6 Å². The molecule has 1 saturated carbocycles. The number of hydrogen-bond acceptors (Lipinski definition) is 6. The van der Waals surface area contributed by atoms with Gasteiger partial charge in [-0.25, -0.2) is 4.98 Å². The van der Waals surface area contributed by atoms with Gasteiger partial charge in [0.2, 0.25) is 0 Å². The van der Waals surface area contributed by atoms with E-state index in [4.69, 9.17) is 10.5 Å². The molecule has 1 aromatic carbocycles. The summed E-state index contributed by atoms with van der Waals surface area (Å²) in [5, 5.41) is 13.2. The van der Waals surface area contributed by atoms with E-state index in [9.17, 15) is 9.90 Å². The Hall–Kier alpha value is -2.38. The van der Waals surface area contributed by atoms with Gasteiger partial charge in [0, 0.05) is 34.5 Å². The summed E-state index contributed by atoms with van der Waals surface area (Å²) in [5.41, 5.74) is 7.30. The molecule has 4 N–H and O–H groups in total. The lowest BCUT2D eigenvalue weighted by Gasteiger charge is -2.44. The van der Waals surface area contributed by atoms with E-state index in [-0.39, 0.29) is 17.3 Å². The van der Waals surface area contributed by atoms with Gasteiger partial charge in [-0.2, -0.15) is 0 Å². The molecule has 2 aromatic heterocycles. The second kappa shape index (κ2) is 6.60. The van der Waals surface area contributed by atoms with Crippen LogP contribution in [-0.2, 0) is 15.1 Å². The molecule has 2 heterocycles. The maximum Gasteiger partial charge on any atom is 0.309 e. The van der Waals surface area contributed by atoms with Crippen LogP contribution in [0.3, 0.4) is 0 Å². The number of hydrogen-bond donors (Lipinski definition) is 3. The standard InChI is InChI=1S/C21H25N3O3S/c1-20(2)11-21(26,6-4-15(20)18(25)27-3)19-24-10-17(28-19)14-8-12(22)9-16-13(14)5-7-23-16/h5,7-10,15,23,26H,4,6,11,22H2,1-3H3. The SMILES string of the molecule is COC(=O)C1CCC(O)(c2ncc(-c3cc(N)cc4[nH]ccc34)s2)CC1(C)C. The fourth-order valence-corrected chi connectivity index (χ4v) is 5.57. The number of benzene rings is 1. The first kappa shape index (κ1) is 19.0. The van der Waals surface area contributed by atoms with Gasteiger partial charge in [-0.1, -0.05) is 13.8 Å². The molecule has 148 valence electrons. The number of nitrogens with zero attached hydrogens (tertiary/aromatic N) is 1. The first-order valence-electron chi connectivity index (χ1n) is 9.37. The Morgan fingerprint density at radius 2 is 2.21 bits per heavy atom. The molecule has 28 heavy (non-hydrogen) atoms. The lowest BCUT2D eigenvalue weighted by molar-refractivity contribution is -0.157. The van der Waals surface area contributed by atoms with E-state index in [2.05, 4.69) is 9.97 Å². The van der Waals surface area contributed by atoms with Crippen LogP contribution in [0.4, 0.5) is 5.69 Å². The molecular weight excluding hydrogens is 374 g/mol. The van der Waals surface area contributed by atoms with Crippen LogP contribution in [0.2, 0.25) is 0 Å². The van der Waals surface area contributed by atoms with Crippen LogP contribution >= 0.6 is 11.3 Å². The number of thiazole rings is 1. The Morgan fingerprint density at radius 1 is 1.43 bits per heavy atom. The monoisotopic (exact) mass is 399 g/mol. The van der Waals surface area contributed by atoms with Crippen molar-refractivity contribution in [1.29, 1.82) is 0 Å². The van der Waals surface area contributed by atoms with Gasteiger partial charge >= 0.3 is 5.97 Å². The molecule has 3 aromatic rings.